The van der Waals surface area contributed by atoms with E-state index in [0.717, 1.165) is 6.42 Å². The van der Waals surface area contributed by atoms with E-state index in [0.29, 0.717) is 25.7 Å². The van der Waals surface area contributed by atoms with Crippen molar-refractivity contribution in [2.45, 2.75) is 38.1 Å². The molecule has 6 nitrogen and oxygen atoms in total. The van der Waals surface area contributed by atoms with Crippen molar-refractivity contribution >= 4 is 13.6 Å². The number of carbonyl (C=O) groups is 1. The zero-order chi connectivity index (χ0) is 11.9. The van der Waals surface area contributed by atoms with Crippen LogP contribution in [0.4, 0.5) is 0 Å². The smallest absolute Gasteiger partial charge is 0.325 e. The summed E-state index contributed by atoms with van der Waals surface area (Å²) in [6.45, 7) is 0. The van der Waals surface area contributed by atoms with E-state index in [2.05, 4.69) is 0 Å². The molecule has 15 heavy (non-hydrogen) atoms. The maximum absolute atomic E-state index is 10.5. The second-order valence-electron chi connectivity index (χ2n) is 3.54. The Morgan fingerprint density at radius 1 is 1.20 bits per heavy atom. The number of hydrogen-bond acceptors (Lipinski definition) is 3. The first kappa shape index (κ1) is 14.6. The maximum Gasteiger partial charge on any atom is 0.325 e. The van der Waals surface area contributed by atoms with E-state index in [1.165, 1.54) is 0 Å². The second kappa shape index (κ2) is 6.95. The number of aliphatic carboxylic acids is 1. The Labute approximate surface area is 88.6 Å². The number of nitrogens with two attached hydrogens (primary N) is 1. The number of hydrogen-bond donors (Lipinski definition) is 4. The molecule has 90 valence electrons. The fraction of sp³-hybridized carbons (Fsp3) is 0.875. The van der Waals surface area contributed by atoms with Crippen LogP contribution in [0.1, 0.15) is 32.1 Å². The van der Waals surface area contributed by atoms with Crippen molar-refractivity contribution in [2.24, 2.45) is 5.73 Å². The number of carboxylic acids is 1. The Hall–Kier alpha value is -0.420. The van der Waals surface area contributed by atoms with Crippen LogP contribution in [-0.4, -0.2) is 33.1 Å². The van der Waals surface area contributed by atoms with Gasteiger partial charge in [0.25, 0.3) is 0 Å². The van der Waals surface area contributed by atoms with Gasteiger partial charge in [-0.05, 0) is 12.8 Å². The summed E-state index contributed by atoms with van der Waals surface area (Å²) in [6, 6.07) is -0.827. The summed E-state index contributed by atoms with van der Waals surface area (Å²) in [7, 11) is -3.87. The summed E-state index contributed by atoms with van der Waals surface area (Å²) >= 11 is 0. The van der Waals surface area contributed by atoms with Crippen LogP contribution in [0.5, 0.6) is 0 Å². The van der Waals surface area contributed by atoms with Crippen LogP contribution < -0.4 is 5.73 Å². The topological polar surface area (TPSA) is 121 Å². The summed E-state index contributed by atoms with van der Waals surface area (Å²) in [6.07, 6.45) is 2.89. The Morgan fingerprint density at radius 2 is 1.73 bits per heavy atom. The average Bonchev–Trinajstić information content (AvgIpc) is 2.08. The zero-order valence-electron chi connectivity index (χ0n) is 8.50. The summed E-state index contributed by atoms with van der Waals surface area (Å²) in [5.74, 6) is -1.01. The van der Waals surface area contributed by atoms with E-state index in [-0.39, 0.29) is 6.16 Å². The molecule has 0 bridgehead atoms. The van der Waals surface area contributed by atoms with Crippen molar-refractivity contribution in [1.29, 1.82) is 0 Å². The summed E-state index contributed by atoms with van der Waals surface area (Å²) in [5.41, 5.74) is 5.28. The van der Waals surface area contributed by atoms with Crippen molar-refractivity contribution < 1.29 is 24.3 Å². The van der Waals surface area contributed by atoms with Gasteiger partial charge in [0.1, 0.15) is 6.04 Å². The predicted octanol–water partition coefficient (Wildman–Crippen LogP) is 0.526. The van der Waals surface area contributed by atoms with Gasteiger partial charge in [-0.25, -0.2) is 0 Å². The van der Waals surface area contributed by atoms with Crippen LogP contribution in [0.15, 0.2) is 0 Å². The molecule has 0 saturated carbocycles. The normalized spacial score (nSPS) is 13.8. The van der Waals surface area contributed by atoms with Crippen molar-refractivity contribution in [1.82, 2.24) is 0 Å². The fourth-order valence-corrected chi connectivity index (χ4v) is 1.79. The van der Waals surface area contributed by atoms with E-state index in [9.17, 15) is 9.36 Å². The van der Waals surface area contributed by atoms with Crippen molar-refractivity contribution in [2.75, 3.05) is 6.16 Å². The fourth-order valence-electron chi connectivity index (χ4n) is 1.16. The minimum Gasteiger partial charge on any atom is -0.480 e. The lowest BCUT2D eigenvalue weighted by Gasteiger charge is -2.06. The van der Waals surface area contributed by atoms with Gasteiger partial charge in [0, 0.05) is 6.16 Å². The van der Waals surface area contributed by atoms with E-state index in [4.69, 9.17) is 20.6 Å². The first-order chi connectivity index (χ1) is 6.83. The summed E-state index contributed by atoms with van der Waals surface area (Å²) < 4.78 is 10.5. The minimum atomic E-state index is -3.87. The lowest BCUT2D eigenvalue weighted by molar-refractivity contribution is -0.138. The molecule has 0 radical (unpaired) electrons. The van der Waals surface area contributed by atoms with Gasteiger partial charge in [0.15, 0.2) is 0 Å². The highest BCUT2D eigenvalue weighted by Crippen LogP contribution is 2.35. The predicted molar refractivity (Wildman–Crippen MR) is 55.6 cm³/mol. The van der Waals surface area contributed by atoms with Crippen molar-refractivity contribution in [3.05, 3.63) is 0 Å². The van der Waals surface area contributed by atoms with Gasteiger partial charge in [-0.15, -0.1) is 0 Å². The Morgan fingerprint density at radius 3 is 2.20 bits per heavy atom. The van der Waals surface area contributed by atoms with E-state index < -0.39 is 19.6 Å². The van der Waals surface area contributed by atoms with Gasteiger partial charge in [0.2, 0.25) is 0 Å². The van der Waals surface area contributed by atoms with Crippen LogP contribution in [-0.2, 0) is 9.36 Å². The van der Waals surface area contributed by atoms with Gasteiger partial charge >= 0.3 is 13.6 Å². The van der Waals surface area contributed by atoms with Gasteiger partial charge in [-0.2, -0.15) is 0 Å². The third-order valence-corrected chi connectivity index (χ3v) is 2.93. The lowest BCUT2D eigenvalue weighted by atomic mass is 10.1. The molecule has 0 unspecified atom stereocenters. The second-order valence-corrected chi connectivity index (χ2v) is 5.31. The molecule has 0 aromatic heterocycles. The molecule has 5 N–H and O–H groups in total. The first-order valence-electron chi connectivity index (χ1n) is 4.86. The molecule has 0 aromatic rings. The monoisotopic (exact) mass is 239 g/mol. The Kier molecular flexibility index (Phi) is 6.76. The third-order valence-electron chi connectivity index (χ3n) is 2.03. The Balaban J connectivity index is 3.33. The van der Waals surface area contributed by atoms with Crippen LogP contribution in [0.2, 0.25) is 0 Å². The molecular formula is C8H18NO5P. The van der Waals surface area contributed by atoms with Gasteiger partial charge < -0.3 is 20.6 Å². The lowest BCUT2D eigenvalue weighted by Crippen LogP contribution is -2.29. The molecule has 0 fully saturated rings. The van der Waals surface area contributed by atoms with Gasteiger partial charge in [-0.3, -0.25) is 9.36 Å². The zero-order valence-corrected chi connectivity index (χ0v) is 9.40. The number of unbranched alkanes of at least 4 members (excludes halogenated alkanes) is 3. The average molecular weight is 239 g/mol. The molecule has 0 aliphatic carbocycles. The summed E-state index contributed by atoms with van der Waals surface area (Å²) in [4.78, 5) is 27.4. The number of carboxylic acid groups (broad SMARTS) is 1. The SMILES string of the molecule is N[C@H](CCCCCCP(=O)(O)O)C(=O)O. The molecule has 0 aliphatic rings. The molecule has 0 rings (SSSR count). The molecule has 0 heterocycles. The standard InChI is InChI=1S/C8H18NO5P/c9-7(8(10)11)5-3-1-2-4-6-15(12,13)14/h7H,1-6,9H2,(H,10,11)(H2,12,13,14)/t7-/m1/s1. The molecule has 1 atom stereocenters. The van der Waals surface area contributed by atoms with E-state index in [1.54, 1.807) is 0 Å². The highest BCUT2D eigenvalue weighted by atomic mass is 31.2. The number of rotatable bonds is 8. The Bertz CT molecular complexity index is 239. The molecule has 0 aromatic carbocycles. The van der Waals surface area contributed by atoms with Crippen molar-refractivity contribution in [3.8, 4) is 0 Å². The molecular weight excluding hydrogens is 221 g/mol. The minimum absolute atomic E-state index is 0.0992. The highest BCUT2D eigenvalue weighted by Gasteiger charge is 2.12. The molecule has 7 heteroatoms. The largest absolute Gasteiger partial charge is 0.480 e. The van der Waals surface area contributed by atoms with Crippen LogP contribution in [0, 0.1) is 0 Å². The van der Waals surface area contributed by atoms with E-state index >= 15 is 0 Å². The van der Waals surface area contributed by atoms with Crippen LogP contribution in [0.3, 0.4) is 0 Å². The summed E-state index contributed by atoms with van der Waals surface area (Å²) in [5, 5.41) is 8.46. The van der Waals surface area contributed by atoms with Gasteiger partial charge in [-0.1, -0.05) is 19.3 Å². The maximum atomic E-state index is 10.5. The molecule has 0 spiro atoms. The third kappa shape index (κ3) is 9.87. The van der Waals surface area contributed by atoms with Crippen molar-refractivity contribution in [3.63, 3.8) is 0 Å². The van der Waals surface area contributed by atoms with Crippen LogP contribution >= 0.6 is 7.60 Å². The first-order valence-corrected chi connectivity index (χ1v) is 6.65. The molecule has 0 amide bonds. The highest BCUT2D eigenvalue weighted by molar-refractivity contribution is 7.51. The van der Waals surface area contributed by atoms with E-state index in [1.807, 2.05) is 0 Å². The van der Waals surface area contributed by atoms with Crippen LogP contribution in [0.25, 0.3) is 0 Å². The molecule has 0 aliphatic heterocycles. The molecule has 0 saturated heterocycles. The quantitative estimate of drug-likeness (QED) is 0.362. The van der Waals surface area contributed by atoms with Gasteiger partial charge in [0.05, 0.1) is 0 Å².